The maximum atomic E-state index is 12.9. The minimum Gasteiger partial charge on any atom is -0.483 e. The minimum absolute atomic E-state index is 0.0856. The smallest absolute Gasteiger partial charge is 0.265 e. The van der Waals surface area contributed by atoms with Crippen LogP contribution in [0.4, 0.5) is 5.69 Å². The van der Waals surface area contributed by atoms with Gasteiger partial charge >= 0.3 is 0 Å². The molecule has 6 nitrogen and oxygen atoms in total. The maximum Gasteiger partial charge on any atom is 0.265 e. The number of para-hydroxylation sites is 1. The number of carbonyl (C=O) groups is 1. The van der Waals surface area contributed by atoms with E-state index in [-0.39, 0.29) is 23.5 Å². The van der Waals surface area contributed by atoms with Gasteiger partial charge in [0.1, 0.15) is 5.75 Å². The van der Waals surface area contributed by atoms with Gasteiger partial charge in [-0.2, -0.15) is 4.31 Å². The fraction of sp³-hybridized carbons (Fsp3) is 0.435. The topological polar surface area (TPSA) is 66.9 Å². The summed E-state index contributed by atoms with van der Waals surface area (Å²) in [5.41, 5.74) is 2.82. The predicted molar refractivity (Wildman–Crippen MR) is 116 cm³/mol. The normalized spacial score (nSPS) is 19.5. The Balaban J connectivity index is 1.45. The highest BCUT2D eigenvalue weighted by molar-refractivity contribution is 7.89. The Morgan fingerprint density at radius 2 is 1.83 bits per heavy atom. The second kappa shape index (κ2) is 8.40. The van der Waals surface area contributed by atoms with Gasteiger partial charge in [0.05, 0.1) is 4.90 Å². The predicted octanol–water partition coefficient (Wildman–Crippen LogP) is 3.53. The third kappa shape index (κ3) is 3.96. The number of hydrogen-bond acceptors (Lipinski definition) is 4. The van der Waals surface area contributed by atoms with Crippen LogP contribution in [0.2, 0.25) is 0 Å². The monoisotopic (exact) mass is 428 g/mol. The average Bonchev–Trinajstić information content (AvgIpc) is 3.09. The van der Waals surface area contributed by atoms with Crippen molar-refractivity contribution in [2.45, 2.75) is 50.5 Å². The van der Waals surface area contributed by atoms with Gasteiger partial charge in [-0.3, -0.25) is 4.79 Å². The first kappa shape index (κ1) is 20.9. The van der Waals surface area contributed by atoms with Crippen molar-refractivity contribution in [1.82, 2.24) is 4.31 Å². The Hall–Kier alpha value is -2.38. The molecular formula is C23H28N2O4S. The second-order valence-corrected chi connectivity index (χ2v) is 10.1. The van der Waals surface area contributed by atoms with Crippen LogP contribution in [0.3, 0.4) is 0 Å². The molecule has 1 fully saturated rings. The number of aryl methyl sites for hydroxylation is 1. The van der Waals surface area contributed by atoms with E-state index >= 15 is 0 Å². The van der Waals surface area contributed by atoms with E-state index in [2.05, 4.69) is 0 Å². The molecule has 0 bridgehead atoms. The number of rotatable bonds is 5. The van der Waals surface area contributed by atoms with Gasteiger partial charge in [-0.1, -0.05) is 24.6 Å². The molecule has 160 valence electrons. The zero-order valence-electron chi connectivity index (χ0n) is 17.5. The molecule has 0 aliphatic carbocycles. The number of nitrogens with zero attached hydrogens (tertiary/aromatic N) is 2. The third-order valence-corrected chi connectivity index (χ3v) is 7.82. The number of carbonyl (C=O) groups excluding carboxylic acids is 1. The number of sulfonamides is 1. The number of anilines is 1. The molecule has 30 heavy (non-hydrogen) atoms. The molecular weight excluding hydrogens is 400 g/mol. The lowest BCUT2D eigenvalue weighted by Gasteiger charge is -2.26. The van der Waals surface area contributed by atoms with Gasteiger partial charge in [0.25, 0.3) is 5.91 Å². The lowest BCUT2D eigenvalue weighted by atomic mass is 10.1. The minimum atomic E-state index is -3.48. The maximum absolute atomic E-state index is 12.9. The molecule has 4 rings (SSSR count). The van der Waals surface area contributed by atoms with Crippen molar-refractivity contribution in [2.24, 2.45) is 0 Å². The molecule has 0 radical (unpaired) electrons. The van der Waals surface area contributed by atoms with Crippen molar-refractivity contribution in [3.8, 4) is 5.75 Å². The summed E-state index contributed by atoms with van der Waals surface area (Å²) in [6.45, 7) is 4.90. The van der Waals surface area contributed by atoms with Gasteiger partial charge in [0.15, 0.2) is 6.61 Å². The fourth-order valence-electron chi connectivity index (χ4n) is 4.35. The van der Waals surface area contributed by atoms with E-state index in [0.717, 1.165) is 31.4 Å². The summed E-state index contributed by atoms with van der Waals surface area (Å²) < 4.78 is 33.1. The van der Waals surface area contributed by atoms with Crippen LogP contribution in [-0.2, 0) is 21.2 Å². The molecule has 1 saturated heterocycles. The molecule has 1 unspecified atom stereocenters. The van der Waals surface area contributed by atoms with Gasteiger partial charge in [0.2, 0.25) is 10.0 Å². The quantitative estimate of drug-likeness (QED) is 0.731. The van der Waals surface area contributed by atoms with E-state index < -0.39 is 10.0 Å². The second-order valence-electron chi connectivity index (χ2n) is 8.13. The summed E-state index contributed by atoms with van der Waals surface area (Å²) in [4.78, 5) is 14.9. The van der Waals surface area contributed by atoms with Crippen LogP contribution in [0.5, 0.6) is 5.75 Å². The molecule has 2 heterocycles. The Bertz CT molecular complexity index is 1040. The summed E-state index contributed by atoms with van der Waals surface area (Å²) in [6, 6.07) is 12.9. The van der Waals surface area contributed by atoms with Crippen LogP contribution in [-0.4, -0.2) is 44.4 Å². The Kier molecular flexibility index (Phi) is 5.84. The molecule has 1 amide bonds. The van der Waals surface area contributed by atoms with Crippen molar-refractivity contribution >= 4 is 21.6 Å². The molecule has 0 aromatic heterocycles. The van der Waals surface area contributed by atoms with Crippen LogP contribution < -0.4 is 9.64 Å². The number of piperidine rings is 1. The van der Waals surface area contributed by atoms with Crippen molar-refractivity contribution in [3.63, 3.8) is 0 Å². The first-order chi connectivity index (χ1) is 14.4. The Labute approximate surface area is 178 Å². The summed E-state index contributed by atoms with van der Waals surface area (Å²) >= 11 is 0. The van der Waals surface area contributed by atoms with Crippen molar-refractivity contribution in [3.05, 3.63) is 53.6 Å². The highest BCUT2D eigenvalue weighted by Crippen LogP contribution is 2.32. The van der Waals surface area contributed by atoms with Crippen molar-refractivity contribution < 1.29 is 17.9 Å². The molecule has 2 aromatic carbocycles. The standard InChI is InChI=1S/C23H28N2O4S/c1-17-14-20(30(27,28)24-12-6-3-7-13-24)10-11-22(17)29-16-23(26)25-18(2)15-19-8-4-5-9-21(19)25/h4-5,8-11,14,18H,3,6-7,12-13,15-16H2,1-2H3. The fourth-order valence-corrected chi connectivity index (χ4v) is 5.96. The highest BCUT2D eigenvalue weighted by atomic mass is 32.2. The van der Waals surface area contributed by atoms with E-state index in [1.54, 1.807) is 27.4 Å². The Morgan fingerprint density at radius 1 is 1.10 bits per heavy atom. The van der Waals surface area contributed by atoms with E-state index in [9.17, 15) is 13.2 Å². The zero-order chi connectivity index (χ0) is 21.3. The zero-order valence-corrected chi connectivity index (χ0v) is 18.3. The van der Waals surface area contributed by atoms with Crippen LogP contribution in [0.25, 0.3) is 0 Å². The molecule has 0 spiro atoms. The van der Waals surface area contributed by atoms with Gasteiger partial charge in [-0.25, -0.2) is 8.42 Å². The SMILES string of the molecule is Cc1cc(S(=O)(=O)N2CCCCC2)ccc1OCC(=O)N1c2ccccc2CC1C. The Morgan fingerprint density at radius 3 is 2.57 bits per heavy atom. The average molecular weight is 429 g/mol. The molecule has 0 N–H and O–H groups in total. The van der Waals surface area contributed by atoms with E-state index in [1.165, 1.54) is 5.56 Å². The molecule has 7 heteroatoms. The number of hydrogen-bond donors (Lipinski definition) is 0. The van der Waals surface area contributed by atoms with Crippen LogP contribution in [0.1, 0.15) is 37.3 Å². The summed E-state index contributed by atoms with van der Waals surface area (Å²) in [5.74, 6) is 0.429. The number of fused-ring (bicyclic) bond motifs is 1. The summed E-state index contributed by atoms with van der Waals surface area (Å²) in [5, 5.41) is 0. The molecule has 1 atom stereocenters. The van der Waals surface area contributed by atoms with Crippen LogP contribution in [0.15, 0.2) is 47.4 Å². The van der Waals surface area contributed by atoms with E-state index in [0.29, 0.717) is 24.4 Å². The number of amides is 1. The highest BCUT2D eigenvalue weighted by Gasteiger charge is 2.31. The number of benzene rings is 2. The summed E-state index contributed by atoms with van der Waals surface area (Å²) in [6.07, 6.45) is 3.72. The first-order valence-electron chi connectivity index (χ1n) is 10.5. The van der Waals surface area contributed by atoms with Crippen molar-refractivity contribution in [1.29, 1.82) is 0 Å². The lowest BCUT2D eigenvalue weighted by molar-refractivity contribution is -0.120. The molecule has 2 aliphatic rings. The number of ether oxygens (including phenoxy) is 1. The lowest BCUT2D eigenvalue weighted by Crippen LogP contribution is -2.39. The molecule has 0 saturated carbocycles. The van der Waals surface area contributed by atoms with E-state index in [1.807, 2.05) is 38.1 Å². The van der Waals surface area contributed by atoms with Crippen LogP contribution in [0, 0.1) is 6.92 Å². The van der Waals surface area contributed by atoms with Gasteiger partial charge in [-0.15, -0.1) is 0 Å². The summed E-state index contributed by atoms with van der Waals surface area (Å²) in [7, 11) is -3.48. The first-order valence-corrected chi connectivity index (χ1v) is 12.0. The third-order valence-electron chi connectivity index (χ3n) is 5.93. The molecule has 2 aliphatic heterocycles. The molecule has 2 aromatic rings. The van der Waals surface area contributed by atoms with Crippen molar-refractivity contribution in [2.75, 3.05) is 24.6 Å². The van der Waals surface area contributed by atoms with Crippen LogP contribution >= 0.6 is 0 Å². The largest absolute Gasteiger partial charge is 0.483 e. The van der Waals surface area contributed by atoms with Gasteiger partial charge < -0.3 is 9.64 Å². The van der Waals surface area contributed by atoms with Gasteiger partial charge in [-0.05, 0) is 68.5 Å². The van der Waals surface area contributed by atoms with Gasteiger partial charge in [0, 0.05) is 24.8 Å². The van der Waals surface area contributed by atoms with E-state index in [4.69, 9.17) is 4.74 Å².